The van der Waals surface area contributed by atoms with Gasteiger partial charge in [-0.15, -0.1) is 0 Å². The summed E-state index contributed by atoms with van der Waals surface area (Å²) in [6.07, 6.45) is 8.34. The summed E-state index contributed by atoms with van der Waals surface area (Å²) in [6.45, 7) is 13.4. The lowest BCUT2D eigenvalue weighted by Crippen LogP contribution is -2.42. The summed E-state index contributed by atoms with van der Waals surface area (Å²) in [6, 6.07) is 2.24. The minimum absolute atomic E-state index is 0.626. The van der Waals surface area contributed by atoms with Crippen molar-refractivity contribution in [2.75, 3.05) is 32.7 Å². The second-order valence-electron chi connectivity index (χ2n) is 7.13. The summed E-state index contributed by atoms with van der Waals surface area (Å²) in [5.74, 6) is 0. The molecule has 1 N–H and O–H groups in total. The Morgan fingerprint density at radius 2 is 1.80 bits per heavy atom. The van der Waals surface area contributed by atoms with Gasteiger partial charge in [-0.05, 0) is 58.7 Å². The quantitative estimate of drug-likeness (QED) is 0.724. The Kier molecular flexibility index (Phi) is 6.79. The van der Waals surface area contributed by atoms with E-state index in [0.29, 0.717) is 6.04 Å². The standard InChI is InChI=1S/C17H35N3/c1-15(2)18-10-7-8-16(3)20-13-9-17(14-20)19-11-5-4-6-12-19/h15-18H,4-14H2,1-3H3. The molecule has 3 nitrogen and oxygen atoms in total. The third-order valence-corrected chi connectivity index (χ3v) is 5.08. The number of nitrogens with zero attached hydrogens (tertiary/aromatic N) is 2. The Morgan fingerprint density at radius 1 is 1.05 bits per heavy atom. The summed E-state index contributed by atoms with van der Waals surface area (Å²) in [5, 5.41) is 3.53. The second kappa shape index (κ2) is 8.35. The Labute approximate surface area is 126 Å². The van der Waals surface area contributed by atoms with Crippen molar-refractivity contribution in [1.82, 2.24) is 15.1 Å². The minimum atomic E-state index is 0.626. The van der Waals surface area contributed by atoms with Crippen LogP contribution in [0.5, 0.6) is 0 Å². The van der Waals surface area contributed by atoms with Crippen LogP contribution in [0.25, 0.3) is 0 Å². The van der Waals surface area contributed by atoms with Crippen LogP contribution in [0.4, 0.5) is 0 Å². The maximum atomic E-state index is 3.53. The number of likely N-dealkylation sites (tertiary alicyclic amines) is 2. The number of hydrogen-bond acceptors (Lipinski definition) is 3. The van der Waals surface area contributed by atoms with Crippen molar-refractivity contribution in [2.45, 2.75) is 77.4 Å². The highest BCUT2D eigenvalue weighted by Crippen LogP contribution is 2.22. The number of hydrogen-bond donors (Lipinski definition) is 1. The molecule has 0 aromatic rings. The average Bonchev–Trinajstić information content (AvgIpc) is 2.94. The van der Waals surface area contributed by atoms with E-state index in [9.17, 15) is 0 Å². The lowest BCUT2D eigenvalue weighted by molar-refractivity contribution is 0.152. The molecule has 3 heteroatoms. The fourth-order valence-corrected chi connectivity index (χ4v) is 3.72. The smallest absolute Gasteiger partial charge is 0.0235 e. The molecule has 0 saturated carbocycles. The van der Waals surface area contributed by atoms with E-state index in [1.807, 2.05) is 0 Å². The molecule has 2 heterocycles. The minimum Gasteiger partial charge on any atom is -0.315 e. The highest BCUT2D eigenvalue weighted by molar-refractivity contribution is 4.87. The highest BCUT2D eigenvalue weighted by atomic mass is 15.3. The molecule has 20 heavy (non-hydrogen) atoms. The molecule has 2 aliphatic heterocycles. The first-order chi connectivity index (χ1) is 9.66. The van der Waals surface area contributed by atoms with E-state index < -0.39 is 0 Å². The van der Waals surface area contributed by atoms with Gasteiger partial charge >= 0.3 is 0 Å². The van der Waals surface area contributed by atoms with Crippen LogP contribution < -0.4 is 5.32 Å². The fourth-order valence-electron chi connectivity index (χ4n) is 3.72. The predicted molar refractivity (Wildman–Crippen MR) is 87.2 cm³/mol. The molecule has 0 aromatic heterocycles. The van der Waals surface area contributed by atoms with Crippen LogP contribution >= 0.6 is 0 Å². The van der Waals surface area contributed by atoms with Gasteiger partial charge in [-0.25, -0.2) is 0 Å². The molecule has 0 bridgehead atoms. The third-order valence-electron chi connectivity index (χ3n) is 5.08. The molecule has 0 aliphatic carbocycles. The van der Waals surface area contributed by atoms with Gasteiger partial charge in [0, 0.05) is 31.2 Å². The Balaban J connectivity index is 1.63. The van der Waals surface area contributed by atoms with Crippen LogP contribution in [0, 0.1) is 0 Å². The van der Waals surface area contributed by atoms with Gasteiger partial charge in [0.15, 0.2) is 0 Å². The van der Waals surface area contributed by atoms with E-state index in [-0.39, 0.29) is 0 Å². The zero-order valence-corrected chi connectivity index (χ0v) is 13.9. The molecular formula is C17H35N3. The first-order valence-corrected chi connectivity index (χ1v) is 8.88. The molecule has 118 valence electrons. The second-order valence-corrected chi connectivity index (χ2v) is 7.13. The summed E-state index contributed by atoms with van der Waals surface area (Å²) in [5.41, 5.74) is 0. The van der Waals surface area contributed by atoms with Crippen LogP contribution in [0.1, 0.15) is 59.3 Å². The molecule has 2 rings (SSSR count). The maximum Gasteiger partial charge on any atom is 0.0235 e. The summed E-state index contributed by atoms with van der Waals surface area (Å²) in [4.78, 5) is 5.49. The number of piperidine rings is 1. The largest absolute Gasteiger partial charge is 0.315 e. The molecule has 0 aromatic carbocycles. The van der Waals surface area contributed by atoms with Crippen LogP contribution in [0.15, 0.2) is 0 Å². The molecule has 0 spiro atoms. The maximum absolute atomic E-state index is 3.53. The summed E-state index contributed by atoms with van der Waals surface area (Å²) in [7, 11) is 0. The van der Waals surface area contributed by atoms with Gasteiger partial charge in [0.1, 0.15) is 0 Å². The van der Waals surface area contributed by atoms with Crippen molar-refractivity contribution in [3.05, 3.63) is 0 Å². The fraction of sp³-hybridized carbons (Fsp3) is 1.00. The van der Waals surface area contributed by atoms with Crippen molar-refractivity contribution in [3.8, 4) is 0 Å². The van der Waals surface area contributed by atoms with E-state index in [0.717, 1.165) is 12.1 Å². The SMILES string of the molecule is CC(C)NCCCC(C)N1CCC(N2CCCCC2)C1. The van der Waals surface area contributed by atoms with Gasteiger partial charge in [-0.1, -0.05) is 20.3 Å². The third kappa shape index (κ3) is 5.01. The molecule has 2 aliphatic rings. The molecule has 0 radical (unpaired) electrons. The zero-order valence-electron chi connectivity index (χ0n) is 13.9. The average molecular weight is 281 g/mol. The van der Waals surface area contributed by atoms with Gasteiger partial charge in [0.05, 0.1) is 0 Å². The lowest BCUT2D eigenvalue weighted by atomic mass is 10.1. The van der Waals surface area contributed by atoms with Gasteiger partial charge in [0.2, 0.25) is 0 Å². The van der Waals surface area contributed by atoms with Crippen molar-refractivity contribution in [3.63, 3.8) is 0 Å². The van der Waals surface area contributed by atoms with Crippen LogP contribution in [-0.4, -0.2) is 60.6 Å². The molecule has 0 amide bonds. The van der Waals surface area contributed by atoms with E-state index in [2.05, 4.69) is 35.9 Å². The first kappa shape index (κ1) is 16.3. The van der Waals surface area contributed by atoms with E-state index in [1.165, 1.54) is 71.2 Å². The van der Waals surface area contributed by atoms with Gasteiger partial charge in [-0.2, -0.15) is 0 Å². The van der Waals surface area contributed by atoms with E-state index in [4.69, 9.17) is 0 Å². The van der Waals surface area contributed by atoms with Gasteiger partial charge in [0.25, 0.3) is 0 Å². The van der Waals surface area contributed by atoms with Crippen LogP contribution in [0.3, 0.4) is 0 Å². The van der Waals surface area contributed by atoms with Crippen molar-refractivity contribution in [2.24, 2.45) is 0 Å². The van der Waals surface area contributed by atoms with Gasteiger partial charge < -0.3 is 5.32 Å². The molecular weight excluding hydrogens is 246 g/mol. The molecule has 2 fully saturated rings. The molecule has 2 atom stereocenters. The molecule has 2 unspecified atom stereocenters. The first-order valence-electron chi connectivity index (χ1n) is 8.88. The van der Waals surface area contributed by atoms with Crippen molar-refractivity contribution < 1.29 is 0 Å². The van der Waals surface area contributed by atoms with Crippen LogP contribution in [0.2, 0.25) is 0 Å². The normalized spacial score (nSPS) is 27.3. The lowest BCUT2D eigenvalue weighted by Gasteiger charge is -2.33. The number of rotatable bonds is 7. The van der Waals surface area contributed by atoms with E-state index >= 15 is 0 Å². The van der Waals surface area contributed by atoms with Gasteiger partial charge in [-0.3, -0.25) is 9.80 Å². The number of nitrogens with one attached hydrogen (secondary N) is 1. The molecule has 2 saturated heterocycles. The monoisotopic (exact) mass is 281 g/mol. The van der Waals surface area contributed by atoms with E-state index in [1.54, 1.807) is 0 Å². The Hall–Kier alpha value is -0.120. The van der Waals surface area contributed by atoms with Crippen molar-refractivity contribution in [1.29, 1.82) is 0 Å². The van der Waals surface area contributed by atoms with Crippen molar-refractivity contribution >= 4 is 0 Å². The summed E-state index contributed by atoms with van der Waals surface area (Å²) >= 11 is 0. The Bertz CT molecular complexity index is 261. The predicted octanol–water partition coefficient (Wildman–Crippen LogP) is 2.71. The summed E-state index contributed by atoms with van der Waals surface area (Å²) < 4.78 is 0. The Morgan fingerprint density at radius 3 is 2.50 bits per heavy atom. The zero-order chi connectivity index (χ0) is 14.4. The topological polar surface area (TPSA) is 18.5 Å². The highest BCUT2D eigenvalue weighted by Gasteiger charge is 2.30. The van der Waals surface area contributed by atoms with Crippen LogP contribution in [-0.2, 0) is 0 Å².